The maximum absolute atomic E-state index is 12.5. The van der Waals surface area contributed by atoms with Crippen molar-refractivity contribution in [3.8, 4) is 11.5 Å². The van der Waals surface area contributed by atoms with Crippen molar-refractivity contribution in [3.05, 3.63) is 58.1 Å². The van der Waals surface area contributed by atoms with E-state index in [-0.39, 0.29) is 28.4 Å². The summed E-state index contributed by atoms with van der Waals surface area (Å²) >= 11 is 0. The fraction of sp³-hybridized carbons (Fsp3) is 0.316. The van der Waals surface area contributed by atoms with Gasteiger partial charge >= 0.3 is 21.6 Å². The Kier molecular flexibility index (Phi) is 4.99. The number of ether oxygens (including phenoxy) is 3. The van der Waals surface area contributed by atoms with Crippen LogP contribution in [0.15, 0.2) is 42.5 Å². The molecule has 13 heteroatoms. The molecule has 2 N–H and O–H groups in total. The smallest absolute Gasteiger partial charge is 0.352 e. The lowest BCUT2D eigenvalue weighted by atomic mass is 9.84. The molecule has 0 aromatic heterocycles. The first-order valence-corrected chi connectivity index (χ1v) is 10.7. The number of aliphatic hydroxyl groups excluding tert-OH is 1. The summed E-state index contributed by atoms with van der Waals surface area (Å²) in [7, 11) is -3.80. The van der Waals surface area contributed by atoms with Crippen molar-refractivity contribution in [1.29, 1.82) is 0 Å². The topological polar surface area (TPSA) is 166 Å². The molecule has 0 radical (unpaired) electrons. The second-order valence-electron chi connectivity index (χ2n) is 7.38. The molecule has 2 aliphatic rings. The maximum atomic E-state index is 12.5. The summed E-state index contributed by atoms with van der Waals surface area (Å²) in [5, 5.41) is 22.6. The van der Waals surface area contributed by atoms with Crippen molar-refractivity contribution in [2.24, 2.45) is 0 Å². The Hall–Kier alpha value is -3.42. The molecule has 0 saturated heterocycles. The zero-order valence-electron chi connectivity index (χ0n) is 16.7. The first-order valence-electron chi connectivity index (χ1n) is 9.23. The Morgan fingerprint density at radius 1 is 1.25 bits per heavy atom. The first-order chi connectivity index (χ1) is 15.0. The number of nitrogens with zero attached hydrogens (tertiary/aromatic N) is 2. The quantitative estimate of drug-likeness (QED) is 0.289. The van der Waals surface area contributed by atoms with Gasteiger partial charge in [-0.3, -0.25) is 14.7 Å². The zero-order valence-corrected chi connectivity index (χ0v) is 17.6. The van der Waals surface area contributed by atoms with Gasteiger partial charge in [-0.05, 0) is 25.1 Å². The molecule has 0 fully saturated rings. The van der Waals surface area contributed by atoms with Gasteiger partial charge in [0.25, 0.3) is 5.69 Å². The highest BCUT2D eigenvalue weighted by molar-refractivity contribution is 7.86. The molecule has 0 aliphatic carbocycles. The van der Waals surface area contributed by atoms with Crippen LogP contribution in [0.2, 0.25) is 0 Å². The van der Waals surface area contributed by atoms with Crippen molar-refractivity contribution in [2.45, 2.75) is 30.2 Å². The second-order valence-corrected chi connectivity index (χ2v) is 8.82. The van der Waals surface area contributed by atoms with Crippen LogP contribution in [0.25, 0.3) is 0 Å². The van der Waals surface area contributed by atoms with E-state index in [1.54, 1.807) is 12.1 Å². The van der Waals surface area contributed by atoms with Crippen molar-refractivity contribution < 1.29 is 42.0 Å². The molecule has 2 aromatic rings. The maximum Gasteiger partial charge on any atom is 0.352 e. The van der Waals surface area contributed by atoms with E-state index < -0.39 is 44.3 Å². The van der Waals surface area contributed by atoms with Crippen molar-refractivity contribution in [1.82, 2.24) is 0 Å². The summed E-state index contributed by atoms with van der Waals surface area (Å²) < 4.78 is 50.1. The molecule has 2 aromatic carbocycles. The summed E-state index contributed by atoms with van der Waals surface area (Å²) in [6, 6.07) is 8.13. The van der Waals surface area contributed by atoms with Crippen LogP contribution in [0.3, 0.4) is 0 Å². The van der Waals surface area contributed by atoms with Gasteiger partial charge in [0.2, 0.25) is 5.60 Å². The molecule has 0 amide bonds. The number of hydrogen-bond donors (Lipinski definition) is 2. The van der Waals surface area contributed by atoms with Gasteiger partial charge in [0.15, 0.2) is 0 Å². The normalized spacial score (nSPS) is 26.4. The van der Waals surface area contributed by atoms with E-state index in [1.807, 2.05) is 0 Å². The summed E-state index contributed by atoms with van der Waals surface area (Å²) in [5.41, 5.74) is -4.17. The SMILES string of the molecule is COC(=O)C1(C)Oc2ccc([N+](=O)[O-])cc2C(N2c3ccccc3OC2S(=O)(=O)O)C1O. The standard InChI is InChI=1S/C19H18N2O10S/c1-19(17(23)29-2)16(22)15(11-9-10(21(24)25)7-8-13(11)31-19)20-12-5-3-4-6-14(12)30-18(20)32(26,27)28/h3-9,15-16,18,22H,1-2H3,(H,26,27,28). The minimum atomic E-state index is -4.88. The van der Waals surface area contributed by atoms with Crippen LogP contribution < -0.4 is 14.4 Å². The second kappa shape index (κ2) is 7.32. The number of aliphatic hydroxyl groups is 1. The van der Waals surface area contributed by atoms with Crippen LogP contribution in [0, 0.1) is 10.1 Å². The number of rotatable bonds is 4. The molecule has 4 unspecified atom stereocenters. The lowest BCUT2D eigenvalue weighted by molar-refractivity contribution is -0.385. The third-order valence-electron chi connectivity index (χ3n) is 5.45. The van der Waals surface area contributed by atoms with E-state index in [2.05, 4.69) is 0 Å². The Morgan fingerprint density at radius 3 is 2.56 bits per heavy atom. The van der Waals surface area contributed by atoms with E-state index in [1.165, 1.54) is 25.1 Å². The highest BCUT2D eigenvalue weighted by Crippen LogP contribution is 2.51. The van der Waals surface area contributed by atoms with E-state index >= 15 is 0 Å². The highest BCUT2D eigenvalue weighted by atomic mass is 32.2. The van der Waals surface area contributed by atoms with Gasteiger partial charge in [0.1, 0.15) is 17.6 Å². The number of benzene rings is 2. The van der Waals surface area contributed by atoms with Crippen LogP contribution in [0.5, 0.6) is 11.5 Å². The minimum Gasteiger partial charge on any atom is -0.473 e. The summed E-state index contributed by atoms with van der Waals surface area (Å²) in [4.78, 5) is 24.3. The van der Waals surface area contributed by atoms with Gasteiger partial charge < -0.3 is 24.2 Å². The van der Waals surface area contributed by atoms with Crippen LogP contribution in [0.4, 0.5) is 11.4 Å². The Balaban J connectivity index is 1.99. The number of fused-ring (bicyclic) bond motifs is 2. The average molecular weight is 466 g/mol. The van der Waals surface area contributed by atoms with Crippen molar-refractivity contribution in [3.63, 3.8) is 0 Å². The molecule has 0 spiro atoms. The largest absolute Gasteiger partial charge is 0.473 e. The molecule has 4 atom stereocenters. The van der Waals surface area contributed by atoms with Crippen molar-refractivity contribution in [2.75, 3.05) is 12.0 Å². The summed E-state index contributed by atoms with van der Waals surface area (Å²) in [6.07, 6.45) is -1.79. The molecule has 32 heavy (non-hydrogen) atoms. The van der Waals surface area contributed by atoms with Gasteiger partial charge in [-0.25, -0.2) is 4.79 Å². The minimum absolute atomic E-state index is 0.0158. The highest BCUT2D eigenvalue weighted by Gasteiger charge is 2.58. The molecule has 0 bridgehead atoms. The number of esters is 1. The fourth-order valence-electron chi connectivity index (χ4n) is 3.94. The number of non-ortho nitro benzene ring substituents is 1. The van der Waals surface area contributed by atoms with Crippen molar-refractivity contribution >= 4 is 27.5 Å². The molecule has 0 saturated carbocycles. The number of carbonyl (C=O) groups excluding carboxylic acids is 1. The average Bonchev–Trinajstić information content (AvgIpc) is 3.13. The van der Waals surface area contributed by atoms with Gasteiger partial charge in [-0.15, -0.1) is 0 Å². The molecule has 4 rings (SSSR count). The molecule has 2 aliphatic heterocycles. The first kappa shape index (κ1) is 21.8. The number of para-hydroxylation sites is 2. The Labute approximate surface area is 181 Å². The molecular formula is C19H18N2O10S. The number of carbonyl (C=O) groups is 1. The van der Waals surface area contributed by atoms with E-state index in [9.17, 15) is 33.0 Å². The van der Waals surface area contributed by atoms with Gasteiger partial charge in [0, 0.05) is 17.7 Å². The summed E-state index contributed by atoms with van der Waals surface area (Å²) in [6.45, 7) is 1.24. The Morgan fingerprint density at radius 2 is 1.94 bits per heavy atom. The van der Waals surface area contributed by atoms with Crippen LogP contribution in [0.1, 0.15) is 18.5 Å². The Bertz CT molecular complexity index is 1220. The number of nitro benzene ring substituents is 1. The number of methoxy groups -OCH3 is 1. The third-order valence-corrected chi connectivity index (χ3v) is 6.28. The molecule has 12 nitrogen and oxygen atoms in total. The molecule has 170 valence electrons. The van der Waals surface area contributed by atoms with Gasteiger partial charge in [-0.1, -0.05) is 12.1 Å². The van der Waals surface area contributed by atoms with E-state index in [0.717, 1.165) is 24.1 Å². The van der Waals surface area contributed by atoms with Gasteiger partial charge in [-0.2, -0.15) is 8.42 Å². The van der Waals surface area contributed by atoms with Crippen LogP contribution >= 0.6 is 0 Å². The fourth-order valence-corrected chi connectivity index (χ4v) is 4.69. The molecule has 2 heterocycles. The van der Waals surface area contributed by atoms with Crippen LogP contribution in [-0.4, -0.2) is 53.3 Å². The van der Waals surface area contributed by atoms with E-state index in [0.29, 0.717) is 0 Å². The zero-order chi connectivity index (χ0) is 23.4. The molecular weight excluding hydrogens is 448 g/mol. The van der Waals surface area contributed by atoms with E-state index in [4.69, 9.17) is 14.2 Å². The third kappa shape index (κ3) is 3.21. The lowest BCUT2D eigenvalue weighted by Gasteiger charge is -2.45. The lowest BCUT2D eigenvalue weighted by Crippen LogP contribution is -2.61. The predicted molar refractivity (Wildman–Crippen MR) is 108 cm³/mol. The van der Waals surface area contributed by atoms with Crippen LogP contribution in [-0.2, 0) is 19.6 Å². The number of hydrogen-bond acceptors (Lipinski definition) is 10. The monoisotopic (exact) mass is 466 g/mol. The summed E-state index contributed by atoms with van der Waals surface area (Å²) in [5.74, 6) is -0.895. The van der Waals surface area contributed by atoms with Gasteiger partial charge in [0.05, 0.1) is 23.8 Å². The number of nitro groups is 1. The predicted octanol–water partition coefficient (Wildman–Crippen LogP) is 1.39. The number of anilines is 1.